The van der Waals surface area contributed by atoms with E-state index < -0.39 is 0 Å². The van der Waals surface area contributed by atoms with E-state index in [9.17, 15) is 19.2 Å². The number of hydrogen-bond acceptors (Lipinski definition) is 11. The number of ether oxygens (including phenoxy) is 1. The van der Waals surface area contributed by atoms with Crippen LogP contribution in [0.1, 0.15) is 211 Å². The summed E-state index contributed by atoms with van der Waals surface area (Å²) in [5.74, 6) is -0.252. The summed E-state index contributed by atoms with van der Waals surface area (Å²) in [5, 5.41) is 25.4. The summed E-state index contributed by atoms with van der Waals surface area (Å²) in [6, 6.07) is 81.8. The van der Waals surface area contributed by atoms with Crippen LogP contribution in [0, 0.1) is 22.7 Å². The second-order valence-corrected chi connectivity index (χ2v) is 35.8. The SMILES string of the molecule is CC(C)(C)c1ccc(-c2ccc(C#N)nc2)cc1.CC(C)(C)c1ccc(-c2ccc(C(=O)N3CCOCC3)cc2)cc1.CC(C)(C)c1ccc(-c2cncc(C#N)c2)cc1.CNC(=O)c1ccc(-c2ccc(C(C)(C)C)cc2)cc1.CNC(=O)c1ccc(-c2ccc(C(C)(C)C)cc2)cn1.CNC(=O)c1cncc(-c2ccc(C(C)(C)C)cc2)c1. The highest BCUT2D eigenvalue weighted by molar-refractivity contribution is 5.96. The molecule has 0 bridgehead atoms. The van der Waals surface area contributed by atoms with E-state index in [4.69, 9.17) is 15.3 Å². The number of amides is 4. The van der Waals surface area contributed by atoms with E-state index in [1.54, 1.807) is 70.5 Å². The monoisotopic (exact) mass is 1600 g/mol. The van der Waals surface area contributed by atoms with Crippen LogP contribution < -0.4 is 16.0 Å². The van der Waals surface area contributed by atoms with Gasteiger partial charge < -0.3 is 25.6 Å². The predicted molar refractivity (Wildman–Crippen MR) is 491 cm³/mol. The smallest absolute Gasteiger partial charge is 0.269 e. The number of hydrogen-bond donors (Lipinski definition) is 3. The van der Waals surface area contributed by atoms with Gasteiger partial charge in [-0.25, -0.2) is 4.98 Å². The minimum absolute atomic E-state index is 0.0559. The van der Waals surface area contributed by atoms with Crippen molar-refractivity contribution in [2.45, 2.75) is 157 Å². The zero-order chi connectivity index (χ0) is 87.8. The van der Waals surface area contributed by atoms with E-state index >= 15 is 0 Å². The minimum atomic E-state index is -0.167. The van der Waals surface area contributed by atoms with Crippen LogP contribution in [0.2, 0.25) is 0 Å². The topological polar surface area (TPSA) is 216 Å². The molecule has 0 spiro atoms. The molecule has 0 radical (unpaired) electrons. The number of aromatic nitrogens is 4. The third kappa shape index (κ3) is 27.1. The lowest BCUT2D eigenvalue weighted by atomic mass is 9.86. The van der Waals surface area contributed by atoms with E-state index in [2.05, 4.69) is 312 Å². The molecule has 4 amide bonds. The van der Waals surface area contributed by atoms with Crippen molar-refractivity contribution in [1.82, 2.24) is 40.8 Å². The molecular formula is C105H118N10O5. The second-order valence-electron chi connectivity index (χ2n) is 35.8. The first-order chi connectivity index (χ1) is 56.7. The van der Waals surface area contributed by atoms with Gasteiger partial charge in [0, 0.05) is 105 Å². The quantitative estimate of drug-likeness (QED) is 0.117. The molecule has 1 saturated heterocycles. The van der Waals surface area contributed by atoms with E-state index in [0.717, 1.165) is 61.2 Å². The molecule has 4 aromatic heterocycles. The van der Waals surface area contributed by atoms with Gasteiger partial charge >= 0.3 is 0 Å². The molecule has 0 atom stereocenters. The molecule has 618 valence electrons. The van der Waals surface area contributed by atoms with Crippen molar-refractivity contribution in [2.75, 3.05) is 47.4 Å². The summed E-state index contributed by atoms with van der Waals surface area (Å²) in [4.78, 5) is 65.4. The summed E-state index contributed by atoms with van der Waals surface area (Å²) in [6.07, 6.45) is 10.2. The molecule has 12 aromatic rings. The number of nitriles is 2. The summed E-state index contributed by atoms with van der Waals surface area (Å²) in [5.41, 5.74) is 25.2. The van der Waals surface area contributed by atoms with Crippen LogP contribution in [0.3, 0.4) is 0 Å². The van der Waals surface area contributed by atoms with Gasteiger partial charge in [0.05, 0.1) is 24.3 Å². The van der Waals surface area contributed by atoms with Gasteiger partial charge in [-0.2, -0.15) is 10.5 Å². The Bertz CT molecular complexity index is 5300. The summed E-state index contributed by atoms with van der Waals surface area (Å²) < 4.78 is 5.30. The van der Waals surface area contributed by atoms with Gasteiger partial charge in [0.25, 0.3) is 23.6 Å². The molecule has 1 aliphatic heterocycles. The highest BCUT2D eigenvalue weighted by Gasteiger charge is 2.22. The average molecular weight is 1600 g/mol. The van der Waals surface area contributed by atoms with Crippen molar-refractivity contribution in [2.24, 2.45) is 0 Å². The van der Waals surface area contributed by atoms with Crippen molar-refractivity contribution in [3.8, 4) is 78.9 Å². The largest absolute Gasteiger partial charge is 0.378 e. The van der Waals surface area contributed by atoms with Crippen molar-refractivity contribution < 1.29 is 23.9 Å². The number of nitrogens with zero attached hydrogens (tertiary/aromatic N) is 7. The molecule has 15 nitrogen and oxygen atoms in total. The van der Waals surface area contributed by atoms with Gasteiger partial charge in [0.1, 0.15) is 23.5 Å². The average Bonchev–Trinajstić information content (AvgIpc) is 0.854. The van der Waals surface area contributed by atoms with Gasteiger partial charge in [-0.15, -0.1) is 0 Å². The fourth-order valence-corrected chi connectivity index (χ4v) is 12.7. The van der Waals surface area contributed by atoms with Crippen LogP contribution in [-0.4, -0.2) is 95.9 Å². The number of morpholine rings is 1. The van der Waals surface area contributed by atoms with Gasteiger partial charge in [0.2, 0.25) is 0 Å². The zero-order valence-electron chi connectivity index (χ0n) is 73.9. The molecule has 15 heteroatoms. The fraction of sp³-hybridized carbons (Fsp3) is 0.295. The Morgan fingerprint density at radius 2 is 0.600 bits per heavy atom. The van der Waals surface area contributed by atoms with Gasteiger partial charge in [-0.1, -0.05) is 301 Å². The molecule has 120 heavy (non-hydrogen) atoms. The predicted octanol–water partition coefficient (Wildman–Crippen LogP) is 22.8. The number of benzene rings is 8. The molecule has 0 unspecified atom stereocenters. The van der Waals surface area contributed by atoms with Crippen LogP contribution in [0.25, 0.3) is 66.8 Å². The lowest BCUT2D eigenvalue weighted by Gasteiger charge is -2.26. The minimum Gasteiger partial charge on any atom is -0.378 e. The lowest BCUT2D eigenvalue weighted by Crippen LogP contribution is -2.40. The third-order valence-corrected chi connectivity index (χ3v) is 20.5. The molecule has 8 aromatic carbocycles. The van der Waals surface area contributed by atoms with Gasteiger partial charge in [-0.05, 0) is 165 Å². The van der Waals surface area contributed by atoms with Crippen LogP contribution in [0.15, 0.2) is 268 Å². The molecule has 0 saturated carbocycles. The fourth-order valence-electron chi connectivity index (χ4n) is 12.7. The molecule has 3 N–H and O–H groups in total. The maximum absolute atomic E-state index is 12.5. The molecule has 13 rings (SSSR count). The second kappa shape index (κ2) is 41.5. The van der Waals surface area contributed by atoms with Gasteiger partial charge in [-0.3, -0.25) is 34.1 Å². The standard InChI is InChI=1S/C21H25NO2.C18H21NO.2C17H20N2O.2C16H16N2/c1-21(2,3)19-10-8-17(9-11-19)16-4-6-18(7-5-16)20(23)22-12-14-24-15-13-22;1-18(2,3)16-11-9-14(10-12-16)13-5-7-15(8-6-13)17(20)19-4;1-17(2,3)14-8-5-12(6-9-14)13-7-10-15(19-11-13)16(20)18-4;1-17(2,3)15-7-5-12(6-8-15)13-9-14(11-19-10-13)16(20)18-4;1-16(2,3)14-7-4-12(5-8-14)13-6-9-15(10-17)18-11-13;1-16(2,3)15-6-4-13(5-7-15)14-8-12(9-17)10-18-11-14/h4-11H,12-15H2,1-3H3;5-12H,1-4H3,(H,19,20);2*5-11H,1-4H3,(H,18,20);4-9,11H,1-3H3;4-8,10-11H,1-3H3. The number of carbonyl (C=O) groups is 4. The van der Waals surface area contributed by atoms with E-state index in [1.165, 1.54) is 44.5 Å². The van der Waals surface area contributed by atoms with Crippen molar-refractivity contribution in [1.29, 1.82) is 10.5 Å². The van der Waals surface area contributed by atoms with Crippen molar-refractivity contribution >= 4 is 23.6 Å². The Hall–Kier alpha value is -12.8. The van der Waals surface area contributed by atoms with Crippen LogP contribution in [-0.2, 0) is 37.2 Å². The summed E-state index contributed by atoms with van der Waals surface area (Å²) in [6.45, 7) is 42.2. The van der Waals surface area contributed by atoms with Crippen molar-refractivity contribution in [3.63, 3.8) is 0 Å². The number of rotatable bonds is 10. The van der Waals surface area contributed by atoms with Gasteiger partial charge in [0.15, 0.2) is 0 Å². The molecule has 0 aliphatic carbocycles. The van der Waals surface area contributed by atoms with Crippen molar-refractivity contribution in [3.05, 3.63) is 335 Å². The van der Waals surface area contributed by atoms with E-state index in [0.29, 0.717) is 54.4 Å². The Morgan fingerprint density at radius 3 is 0.908 bits per heavy atom. The Balaban J connectivity index is 0.000000180. The molecule has 1 aliphatic rings. The highest BCUT2D eigenvalue weighted by atomic mass is 16.5. The normalized spacial score (nSPS) is 12.0. The maximum atomic E-state index is 12.5. The third-order valence-electron chi connectivity index (χ3n) is 20.5. The first kappa shape index (κ1) is 92.7. The van der Waals surface area contributed by atoms with E-state index in [-0.39, 0.29) is 56.1 Å². The Labute approximate surface area is 712 Å². The summed E-state index contributed by atoms with van der Waals surface area (Å²) in [7, 11) is 4.86. The highest BCUT2D eigenvalue weighted by Crippen LogP contribution is 2.33. The lowest BCUT2D eigenvalue weighted by molar-refractivity contribution is 0.0303. The Kier molecular flexibility index (Phi) is 32.1. The molecule has 5 heterocycles. The van der Waals surface area contributed by atoms with Crippen LogP contribution >= 0.6 is 0 Å². The Morgan fingerprint density at radius 1 is 0.308 bits per heavy atom. The van der Waals surface area contributed by atoms with Crippen LogP contribution in [0.4, 0.5) is 0 Å². The zero-order valence-corrected chi connectivity index (χ0v) is 73.9. The van der Waals surface area contributed by atoms with Crippen LogP contribution in [0.5, 0.6) is 0 Å². The molecular weight excluding hydrogens is 1480 g/mol. The number of nitrogens with one attached hydrogen (secondary N) is 3. The van der Waals surface area contributed by atoms with E-state index in [1.807, 2.05) is 83.8 Å². The first-order valence-corrected chi connectivity index (χ1v) is 40.7. The first-order valence-electron chi connectivity index (χ1n) is 40.7. The maximum Gasteiger partial charge on any atom is 0.269 e. The molecule has 1 fully saturated rings. The number of pyridine rings is 4. The summed E-state index contributed by atoms with van der Waals surface area (Å²) >= 11 is 0. The number of carbonyl (C=O) groups excluding carboxylic acids is 4.